The molecule has 6 nitrogen and oxygen atoms in total. The van der Waals surface area contributed by atoms with Gasteiger partial charge in [-0.1, -0.05) is 0 Å². The van der Waals surface area contributed by atoms with Crippen molar-refractivity contribution in [2.45, 2.75) is 56.4 Å². The Morgan fingerprint density at radius 1 is 1.19 bits per heavy atom. The van der Waals surface area contributed by atoms with Crippen LogP contribution in [0.3, 0.4) is 0 Å². The fourth-order valence-corrected chi connectivity index (χ4v) is 5.12. The standard InChI is InChI=1S/C19H29NO5Se/c1-12(2)16(26-11-13-7-9-14(24-6)10-8-13)15(17(21)22)20-18(23)25-19(3,4)5/h7-10,12,15-16H,11H2,1-6H3,(H,20,23)(H,21,22)/t15-,16-/m0/s1. The molecular formula is C19H29NO5Se. The molecule has 0 aliphatic heterocycles. The van der Waals surface area contributed by atoms with Gasteiger partial charge in [0.05, 0.1) is 0 Å². The molecular weight excluding hydrogens is 401 g/mol. The monoisotopic (exact) mass is 431 g/mol. The number of hydrogen-bond donors (Lipinski definition) is 2. The predicted octanol–water partition coefficient (Wildman–Crippen LogP) is 3.32. The van der Waals surface area contributed by atoms with Gasteiger partial charge in [-0.25, -0.2) is 0 Å². The van der Waals surface area contributed by atoms with Crippen LogP contribution in [0.1, 0.15) is 40.2 Å². The van der Waals surface area contributed by atoms with E-state index in [1.807, 2.05) is 38.1 Å². The molecule has 0 heterocycles. The molecule has 0 saturated carbocycles. The van der Waals surface area contributed by atoms with Crippen molar-refractivity contribution < 1.29 is 24.2 Å². The summed E-state index contributed by atoms with van der Waals surface area (Å²) in [7, 11) is 1.62. The Morgan fingerprint density at radius 2 is 1.77 bits per heavy atom. The predicted molar refractivity (Wildman–Crippen MR) is 102 cm³/mol. The van der Waals surface area contributed by atoms with Gasteiger partial charge in [0.1, 0.15) is 0 Å². The number of amides is 1. The second-order valence-corrected chi connectivity index (χ2v) is 9.78. The molecule has 1 rings (SSSR count). The third-order valence-corrected chi connectivity index (χ3v) is 7.10. The number of hydrogen-bond acceptors (Lipinski definition) is 4. The molecule has 7 heteroatoms. The zero-order valence-electron chi connectivity index (χ0n) is 16.2. The van der Waals surface area contributed by atoms with E-state index in [4.69, 9.17) is 9.47 Å². The van der Waals surface area contributed by atoms with E-state index >= 15 is 0 Å². The number of methoxy groups -OCH3 is 1. The van der Waals surface area contributed by atoms with Gasteiger partial charge in [-0.3, -0.25) is 0 Å². The zero-order valence-corrected chi connectivity index (χ0v) is 18.0. The number of rotatable bonds is 8. The van der Waals surface area contributed by atoms with Crippen molar-refractivity contribution in [3.05, 3.63) is 29.8 Å². The SMILES string of the molecule is COc1ccc(C[Se][C@@H](C(C)C)[C@H](NC(=O)OC(C)(C)C)C(=O)O)cc1. The summed E-state index contributed by atoms with van der Waals surface area (Å²) in [5, 5.41) is 12.9. The third kappa shape index (κ3) is 7.66. The Morgan fingerprint density at radius 3 is 2.19 bits per heavy atom. The fourth-order valence-electron chi connectivity index (χ4n) is 2.31. The molecule has 2 atom stereocenters. The normalized spacial score (nSPS) is 13.8. The van der Waals surface area contributed by atoms with Gasteiger partial charge in [0.15, 0.2) is 0 Å². The van der Waals surface area contributed by atoms with Crippen LogP contribution in [0, 0.1) is 5.92 Å². The molecule has 0 aromatic heterocycles. The summed E-state index contributed by atoms with van der Waals surface area (Å²) in [6, 6.07) is 6.78. The van der Waals surface area contributed by atoms with Crippen molar-refractivity contribution in [2.75, 3.05) is 7.11 Å². The molecule has 2 N–H and O–H groups in total. The van der Waals surface area contributed by atoms with Gasteiger partial charge in [0.2, 0.25) is 0 Å². The van der Waals surface area contributed by atoms with Gasteiger partial charge in [-0.05, 0) is 0 Å². The average molecular weight is 430 g/mol. The number of nitrogens with one attached hydrogen (secondary N) is 1. The summed E-state index contributed by atoms with van der Waals surface area (Å²) in [5.74, 6) is -0.132. The van der Waals surface area contributed by atoms with Crippen LogP contribution in [-0.2, 0) is 14.9 Å². The zero-order chi connectivity index (χ0) is 19.9. The number of ether oxygens (including phenoxy) is 2. The quantitative estimate of drug-likeness (QED) is 0.618. The number of carbonyl (C=O) groups is 2. The van der Waals surface area contributed by atoms with E-state index in [1.54, 1.807) is 27.9 Å². The molecule has 0 unspecified atom stereocenters. The topological polar surface area (TPSA) is 84.9 Å². The van der Waals surface area contributed by atoms with Crippen molar-refractivity contribution in [1.29, 1.82) is 0 Å². The number of alkyl carbamates (subject to hydrolysis) is 1. The van der Waals surface area contributed by atoms with Crippen LogP contribution in [0.2, 0.25) is 4.82 Å². The molecule has 0 spiro atoms. The van der Waals surface area contributed by atoms with Crippen LogP contribution in [0.5, 0.6) is 5.75 Å². The second-order valence-electron chi connectivity index (χ2n) is 7.33. The summed E-state index contributed by atoms with van der Waals surface area (Å²) < 4.78 is 10.4. The maximum absolute atomic E-state index is 12.0. The number of carboxylic acid groups (broad SMARTS) is 1. The van der Waals surface area contributed by atoms with Crippen molar-refractivity contribution in [2.24, 2.45) is 5.92 Å². The first-order valence-corrected chi connectivity index (χ1v) is 10.7. The van der Waals surface area contributed by atoms with Gasteiger partial charge < -0.3 is 0 Å². The van der Waals surface area contributed by atoms with Gasteiger partial charge in [-0.15, -0.1) is 0 Å². The molecule has 0 fully saturated rings. The summed E-state index contributed by atoms with van der Waals surface area (Å²) in [6.07, 6.45) is -0.698. The molecule has 146 valence electrons. The summed E-state index contributed by atoms with van der Waals surface area (Å²) in [4.78, 5) is 23.6. The number of aliphatic carboxylic acids is 1. The molecule has 1 aromatic rings. The molecule has 1 aromatic carbocycles. The molecule has 0 radical (unpaired) electrons. The van der Waals surface area contributed by atoms with Crippen molar-refractivity contribution in [1.82, 2.24) is 5.32 Å². The Bertz CT molecular complexity index is 595. The Kier molecular flexibility index (Phi) is 8.44. The van der Waals surface area contributed by atoms with Gasteiger partial charge in [0, 0.05) is 0 Å². The molecule has 1 amide bonds. The van der Waals surface area contributed by atoms with Crippen molar-refractivity contribution in [3.8, 4) is 5.75 Å². The van der Waals surface area contributed by atoms with Crippen LogP contribution in [-0.4, -0.2) is 50.9 Å². The molecule has 0 aliphatic rings. The third-order valence-electron chi connectivity index (χ3n) is 3.53. The molecule has 26 heavy (non-hydrogen) atoms. The molecule has 0 aliphatic carbocycles. The van der Waals surface area contributed by atoms with E-state index in [1.165, 1.54) is 0 Å². The Labute approximate surface area is 161 Å². The van der Waals surface area contributed by atoms with E-state index in [-0.39, 0.29) is 25.7 Å². The van der Waals surface area contributed by atoms with E-state index in [9.17, 15) is 14.7 Å². The first-order valence-electron chi connectivity index (χ1n) is 8.50. The maximum atomic E-state index is 12.0. The van der Waals surface area contributed by atoms with Gasteiger partial charge in [0.25, 0.3) is 0 Å². The minimum absolute atomic E-state index is 0.0131. The average Bonchev–Trinajstić information content (AvgIpc) is 2.52. The minimum atomic E-state index is -1.04. The summed E-state index contributed by atoms with van der Waals surface area (Å²) >= 11 is -0.0131. The first kappa shape index (κ1) is 22.3. The van der Waals surface area contributed by atoms with E-state index in [0.29, 0.717) is 0 Å². The summed E-state index contributed by atoms with van der Waals surface area (Å²) in [6.45, 7) is 9.20. The van der Waals surface area contributed by atoms with Crippen LogP contribution in [0.15, 0.2) is 24.3 Å². The van der Waals surface area contributed by atoms with Crippen LogP contribution >= 0.6 is 0 Å². The fraction of sp³-hybridized carbons (Fsp3) is 0.579. The number of carboxylic acids is 1. The number of carbonyl (C=O) groups excluding carboxylic acids is 1. The van der Waals surface area contributed by atoms with Crippen molar-refractivity contribution in [3.63, 3.8) is 0 Å². The van der Waals surface area contributed by atoms with Gasteiger partial charge >= 0.3 is 162 Å². The second kappa shape index (κ2) is 9.83. The molecule has 0 bridgehead atoms. The first-order chi connectivity index (χ1) is 12.0. The van der Waals surface area contributed by atoms with Crippen LogP contribution < -0.4 is 10.1 Å². The Balaban J connectivity index is 2.81. The molecule has 0 saturated heterocycles. The van der Waals surface area contributed by atoms with E-state index in [2.05, 4.69) is 5.32 Å². The summed E-state index contributed by atoms with van der Waals surface area (Å²) in [5.41, 5.74) is 0.451. The van der Waals surface area contributed by atoms with Crippen LogP contribution in [0.4, 0.5) is 4.79 Å². The number of benzene rings is 1. The van der Waals surface area contributed by atoms with E-state index in [0.717, 1.165) is 16.6 Å². The van der Waals surface area contributed by atoms with E-state index < -0.39 is 23.7 Å². The Hall–Kier alpha value is -1.72. The van der Waals surface area contributed by atoms with Gasteiger partial charge in [-0.2, -0.15) is 0 Å². The van der Waals surface area contributed by atoms with Crippen molar-refractivity contribution >= 4 is 27.0 Å². The van der Waals surface area contributed by atoms with Crippen LogP contribution in [0.25, 0.3) is 0 Å².